The Morgan fingerprint density at radius 3 is 2.41 bits per heavy atom. The molecule has 118 valence electrons. The predicted octanol–water partition coefficient (Wildman–Crippen LogP) is 3.13. The maximum absolute atomic E-state index is 6.16. The fraction of sp³-hybridized carbons (Fsp3) is 0.375. The number of nitrogen functional groups attached to an aromatic ring is 1. The Morgan fingerprint density at radius 2 is 1.73 bits per heavy atom. The van der Waals surface area contributed by atoms with Crippen LogP contribution >= 0.6 is 0 Å². The molecule has 0 radical (unpaired) electrons. The minimum absolute atomic E-state index is 0.0991. The zero-order valence-electron chi connectivity index (χ0n) is 13.8. The molecule has 1 heterocycles. The molecule has 0 unspecified atom stereocenters. The lowest BCUT2D eigenvalue weighted by atomic mass is 10.1. The summed E-state index contributed by atoms with van der Waals surface area (Å²) in [5.74, 6) is 1.14. The Bertz CT molecular complexity index is 660. The summed E-state index contributed by atoms with van der Waals surface area (Å²) in [4.78, 5) is 8.41. The fourth-order valence-electron chi connectivity index (χ4n) is 1.86. The molecule has 0 aliphatic carbocycles. The van der Waals surface area contributed by atoms with Crippen molar-refractivity contribution in [2.24, 2.45) is 0 Å². The molecule has 6 heteroatoms. The molecule has 1 aromatic heterocycles. The molecule has 0 amide bonds. The largest absolute Gasteiger partial charge is 0.393 e. The first-order valence-corrected chi connectivity index (χ1v) is 7.25. The summed E-state index contributed by atoms with van der Waals surface area (Å²) in [6.07, 6.45) is 1.48. The van der Waals surface area contributed by atoms with Crippen LogP contribution in [0, 0.1) is 13.8 Å². The second-order valence-corrected chi connectivity index (χ2v) is 6.36. The number of benzene rings is 1. The smallest absolute Gasteiger partial charge is 0.169 e. The van der Waals surface area contributed by atoms with E-state index >= 15 is 0 Å². The zero-order chi connectivity index (χ0) is 16.3. The van der Waals surface area contributed by atoms with Gasteiger partial charge in [-0.25, -0.2) is 15.4 Å². The molecule has 0 aliphatic rings. The summed E-state index contributed by atoms with van der Waals surface area (Å²) in [6.45, 7) is 10.3. The highest BCUT2D eigenvalue weighted by Crippen LogP contribution is 2.28. The number of hydrazine groups is 1. The van der Waals surface area contributed by atoms with Crippen LogP contribution in [0.2, 0.25) is 0 Å². The van der Waals surface area contributed by atoms with Crippen LogP contribution in [0.1, 0.15) is 31.9 Å². The molecule has 0 fully saturated rings. The van der Waals surface area contributed by atoms with Crippen LogP contribution < -0.4 is 21.9 Å². The molecular weight excluding hydrogens is 276 g/mol. The van der Waals surface area contributed by atoms with Crippen molar-refractivity contribution in [3.63, 3.8) is 0 Å². The van der Waals surface area contributed by atoms with Gasteiger partial charge in [0.25, 0.3) is 0 Å². The van der Waals surface area contributed by atoms with Crippen LogP contribution in [0.4, 0.5) is 23.0 Å². The SMILES string of the molecule is Cc1cccc(Nc2ncnc(NNC(C)(C)C)c2N)c1C. The second kappa shape index (κ2) is 6.19. The van der Waals surface area contributed by atoms with Gasteiger partial charge in [0.15, 0.2) is 11.6 Å². The monoisotopic (exact) mass is 300 g/mol. The first-order valence-electron chi connectivity index (χ1n) is 7.25. The Kier molecular flexibility index (Phi) is 4.51. The van der Waals surface area contributed by atoms with E-state index in [1.807, 2.05) is 32.9 Å². The van der Waals surface area contributed by atoms with Crippen LogP contribution in [-0.2, 0) is 0 Å². The van der Waals surface area contributed by atoms with Crippen LogP contribution in [0.15, 0.2) is 24.5 Å². The summed E-state index contributed by atoms with van der Waals surface area (Å²) in [5.41, 5.74) is 16.1. The zero-order valence-corrected chi connectivity index (χ0v) is 13.8. The van der Waals surface area contributed by atoms with E-state index in [4.69, 9.17) is 5.73 Å². The van der Waals surface area contributed by atoms with Crippen LogP contribution in [0.25, 0.3) is 0 Å². The number of nitrogens with one attached hydrogen (secondary N) is 3. The number of aryl methyl sites for hydroxylation is 1. The lowest BCUT2D eigenvalue weighted by Crippen LogP contribution is -2.40. The van der Waals surface area contributed by atoms with Gasteiger partial charge >= 0.3 is 0 Å². The molecule has 0 bridgehead atoms. The summed E-state index contributed by atoms with van der Waals surface area (Å²) >= 11 is 0. The van der Waals surface area contributed by atoms with Gasteiger partial charge in [-0.3, -0.25) is 0 Å². The van der Waals surface area contributed by atoms with E-state index in [2.05, 4.69) is 46.1 Å². The van der Waals surface area contributed by atoms with Gasteiger partial charge in [0.1, 0.15) is 12.0 Å². The number of rotatable bonds is 4. The molecule has 0 saturated carbocycles. The summed E-state index contributed by atoms with van der Waals surface area (Å²) in [6, 6.07) is 6.08. The van der Waals surface area contributed by atoms with Gasteiger partial charge in [-0.1, -0.05) is 12.1 Å². The molecule has 0 saturated heterocycles. The van der Waals surface area contributed by atoms with E-state index < -0.39 is 0 Å². The van der Waals surface area contributed by atoms with E-state index in [-0.39, 0.29) is 5.54 Å². The van der Waals surface area contributed by atoms with E-state index in [1.165, 1.54) is 17.5 Å². The van der Waals surface area contributed by atoms with Crippen molar-refractivity contribution in [1.29, 1.82) is 0 Å². The average Bonchev–Trinajstić information content (AvgIpc) is 2.44. The number of nitrogens with two attached hydrogens (primary N) is 1. The number of aromatic nitrogens is 2. The van der Waals surface area contributed by atoms with Gasteiger partial charge in [0, 0.05) is 11.2 Å². The van der Waals surface area contributed by atoms with Gasteiger partial charge in [-0.2, -0.15) is 0 Å². The van der Waals surface area contributed by atoms with Crippen molar-refractivity contribution in [3.05, 3.63) is 35.7 Å². The Labute approximate surface area is 131 Å². The van der Waals surface area contributed by atoms with Crippen molar-refractivity contribution < 1.29 is 0 Å². The Balaban J connectivity index is 2.23. The van der Waals surface area contributed by atoms with Gasteiger partial charge in [0.05, 0.1) is 0 Å². The normalized spacial score (nSPS) is 11.3. The summed E-state index contributed by atoms with van der Waals surface area (Å²) in [7, 11) is 0. The number of hydrogen-bond acceptors (Lipinski definition) is 6. The van der Waals surface area contributed by atoms with E-state index in [0.29, 0.717) is 17.3 Å². The topological polar surface area (TPSA) is 87.9 Å². The molecule has 0 atom stereocenters. The third-order valence-electron chi connectivity index (χ3n) is 3.30. The van der Waals surface area contributed by atoms with Crippen molar-refractivity contribution in [2.75, 3.05) is 16.5 Å². The van der Waals surface area contributed by atoms with Crippen molar-refractivity contribution >= 4 is 23.0 Å². The van der Waals surface area contributed by atoms with Gasteiger partial charge in [-0.15, -0.1) is 0 Å². The van der Waals surface area contributed by atoms with Crippen molar-refractivity contribution in [1.82, 2.24) is 15.4 Å². The lowest BCUT2D eigenvalue weighted by Gasteiger charge is -2.22. The van der Waals surface area contributed by atoms with Gasteiger partial charge < -0.3 is 16.5 Å². The molecule has 2 rings (SSSR count). The third-order valence-corrected chi connectivity index (χ3v) is 3.30. The minimum Gasteiger partial charge on any atom is -0.393 e. The number of anilines is 4. The molecule has 22 heavy (non-hydrogen) atoms. The third kappa shape index (κ3) is 3.85. The standard InChI is InChI=1S/C16H24N6/c1-10-7-6-8-12(11(10)2)20-14-13(17)15(19-9-18-14)21-22-16(3,4)5/h6-9,22H,17H2,1-5H3,(H2,18,19,20,21). The van der Waals surface area contributed by atoms with Crippen molar-refractivity contribution in [3.8, 4) is 0 Å². The molecule has 5 N–H and O–H groups in total. The number of hydrogen-bond donors (Lipinski definition) is 4. The van der Waals surface area contributed by atoms with Crippen molar-refractivity contribution in [2.45, 2.75) is 40.2 Å². The highest BCUT2D eigenvalue weighted by molar-refractivity contribution is 5.78. The first kappa shape index (κ1) is 16.0. The highest BCUT2D eigenvalue weighted by Gasteiger charge is 2.13. The predicted molar refractivity (Wildman–Crippen MR) is 92.2 cm³/mol. The lowest BCUT2D eigenvalue weighted by molar-refractivity contribution is 0.464. The van der Waals surface area contributed by atoms with Gasteiger partial charge in [0.2, 0.25) is 0 Å². The molecular formula is C16H24N6. The van der Waals surface area contributed by atoms with Crippen LogP contribution in [0.5, 0.6) is 0 Å². The first-order chi connectivity index (χ1) is 10.3. The second-order valence-electron chi connectivity index (χ2n) is 6.36. The Morgan fingerprint density at radius 1 is 1.05 bits per heavy atom. The minimum atomic E-state index is -0.0991. The summed E-state index contributed by atoms with van der Waals surface area (Å²) < 4.78 is 0. The van der Waals surface area contributed by atoms with E-state index in [9.17, 15) is 0 Å². The maximum Gasteiger partial charge on any atom is 0.169 e. The molecule has 6 nitrogen and oxygen atoms in total. The van der Waals surface area contributed by atoms with Gasteiger partial charge in [-0.05, 0) is 51.8 Å². The molecule has 0 spiro atoms. The average molecular weight is 300 g/mol. The molecule has 2 aromatic rings. The maximum atomic E-state index is 6.16. The fourth-order valence-corrected chi connectivity index (χ4v) is 1.86. The highest BCUT2D eigenvalue weighted by atomic mass is 15.4. The van der Waals surface area contributed by atoms with E-state index in [0.717, 1.165) is 5.69 Å². The summed E-state index contributed by atoms with van der Waals surface area (Å²) in [5, 5.41) is 3.27. The van der Waals surface area contributed by atoms with Crippen LogP contribution in [0.3, 0.4) is 0 Å². The quantitative estimate of drug-likeness (QED) is 0.649. The van der Waals surface area contributed by atoms with Crippen LogP contribution in [-0.4, -0.2) is 15.5 Å². The Hall–Kier alpha value is -2.34. The number of nitrogens with zero attached hydrogens (tertiary/aromatic N) is 2. The van der Waals surface area contributed by atoms with E-state index in [1.54, 1.807) is 0 Å². The molecule has 1 aromatic carbocycles. The molecule has 0 aliphatic heterocycles.